The van der Waals surface area contributed by atoms with Gasteiger partial charge in [-0.3, -0.25) is 0 Å². The van der Waals surface area contributed by atoms with Crippen molar-refractivity contribution >= 4 is 11.6 Å². The third-order valence-electron chi connectivity index (χ3n) is 3.40. The predicted molar refractivity (Wildman–Crippen MR) is 99.0 cm³/mol. The molecule has 0 aliphatic carbocycles. The standard InChI is InChI=1S/C19H24FN3O2/c1-4-21-19(22-13-14-6-8-15(20)9-7-14)23-16-10-11-17(24-3)18(12-16)25-5-2/h6-12H,4-5,13H2,1-3H3,(H2,21,22,23). The summed E-state index contributed by atoms with van der Waals surface area (Å²) < 4.78 is 23.9. The van der Waals surface area contributed by atoms with Gasteiger partial charge in [-0.2, -0.15) is 0 Å². The number of hydrogen-bond donors (Lipinski definition) is 2. The van der Waals surface area contributed by atoms with Gasteiger partial charge >= 0.3 is 0 Å². The molecule has 0 spiro atoms. The second-order valence-corrected chi connectivity index (χ2v) is 5.25. The SMILES string of the molecule is CCNC(=NCc1ccc(F)cc1)Nc1ccc(OC)c(OCC)c1. The van der Waals surface area contributed by atoms with Crippen molar-refractivity contribution in [3.8, 4) is 11.5 Å². The molecule has 0 aliphatic heterocycles. The Morgan fingerprint density at radius 2 is 1.84 bits per heavy atom. The summed E-state index contributed by atoms with van der Waals surface area (Å²) in [5.41, 5.74) is 1.77. The Labute approximate surface area is 147 Å². The molecule has 0 fully saturated rings. The third kappa shape index (κ3) is 5.67. The second kappa shape index (κ2) is 9.52. The van der Waals surface area contributed by atoms with E-state index in [9.17, 15) is 4.39 Å². The highest BCUT2D eigenvalue weighted by molar-refractivity contribution is 5.93. The second-order valence-electron chi connectivity index (χ2n) is 5.25. The minimum absolute atomic E-state index is 0.251. The maximum absolute atomic E-state index is 13.0. The molecule has 0 bridgehead atoms. The molecule has 0 heterocycles. The lowest BCUT2D eigenvalue weighted by atomic mass is 10.2. The zero-order chi connectivity index (χ0) is 18.1. The quantitative estimate of drug-likeness (QED) is 0.592. The van der Waals surface area contributed by atoms with Crippen LogP contribution in [0.25, 0.3) is 0 Å². The molecule has 0 saturated carbocycles. The van der Waals surface area contributed by atoms with E-state index < -0.39 is 0 Å². The normalized spacial score (nSPS) is 11.1. The van der Waals surface area contributed by atoms with Crippen LogP contribution >= 0.6 is 0 Å². The minimum atomic E-state index is -0.251. The molecule has 0 radical (unpaired) electrons. The van der Waals surface area contributed by atoms with E-state index in [0.29, 0.717) is 30.6 Å². The number of hydrogen-bond acceptors (Lipinski definition) is 3. The van der Waals surface area contributed by atoms with Crippen LogP contribution in [0.2, 0.25) is 0 Å². The lowest BCUT2D eigenvalue weighted by Gasteiger charge is -2.14. The summed E-state index contributed by atoms with van der Waals surface area (Å²) in [6.45, 7) is 5.65. The molecular weight excluding hydrogens is 321 g/mol. The fraction of sp³-hybridized carbons (Fsp3) is 0.316. The highest BCUT2D eigenvalue weighted by atomic mass is 19.1. The van der Waals surface area contributed by atoms with Crippen molar-refractivity contribution in [2.45, 2.75) is 20.4 Å². The molecule has 0 amide bonds. The van der Waals surface area contributed by atoms with E-state index in [4.69, 9.17) is 9.47 Å². The molecule has 2 rings (SSSR count). The Kier molecular flexibility index (Phi) is 7.07. The average Bonchev–Trinajstić information content (AvgIpc) is 2.62. The van der Waals surface area contributed by atoms with Gasteiger partial charge in [0.1, 0.15) is 5.82 Å². The summed E-state index contributed by atoms with van der Waals surface area (Å²) in [5, 5.41) is 6.43. The lowest BCUT2D eigenvalue weighted by molar-refractivity contribution is 0.311. The van der Waals surface area contributed by atoms with E-state index in [0.717, 1.165) is 17.8 Å². The van der Waals surface area contributed by atoms with Crippen molar-refractivity contribution in [3.05, 3.63) is 53.8 Å². The Morgan fingerprint density at radius 1 is 1.08 bits per heavy atom. The van der Waals surface area contributed by atoms with Crippen molar-refractivity contribution in [2.24, 2.45) is 4.99 Å². The van der Waals surface area contributed by atoms with Crippen LogP contribution in [0.5, 0.6) is 11.5 Å². The molecule has 0 aliphatic rings. The maximum atomic E-state index is 13.0. The number of anilines is 1. The fourth-order valence-electron chi connectivity index (χ4n) is 2.23. The zero-order valence-corrected chi connectivity index (χ0v) is 14.8. The van der Waals surface area contributed by atoms with Gasteiger partial charge in [0.2, 0.25) is 0 Å². The van der Waals surface area contributed by atoms with Gasteiger partial charge < -0.3 is 20.1 Å². The Bertz CT molecular complexity index is 702. The van der Waals surface area contributed by atoms with Gasteiger partial charge in [-0.1, -0.05) is 12.1 Å². The van der Waals surface area contributed by atoms with Crippen LogP contribution in [-0.2, 0) is 6.54 Å². The summed E-state index contributed by atoms with van der Waals surface area (Å²) in [6.07, 6.45) is 0. The average molecular weight is 345 g/mol. The maximum Gasteiger partial charge on any atom is 0.196 e. The zero-order valence-electron chi connectivity index (χ0n) is 14.8. The number of nitrogens with one attached hydrogen (secondary N) is 2. The minimum Gasteiger partial charge on any atom is -0.493 e. The highest BCUT2D eigenvalue weighted by Gasteiger charge is 2.07. The largest absolute Gasteiger partial charge is 0.493 e. The summed E-state index contributed by atoms with van der Waals surface area (Å²) in [5.74, 6) is 1.74. The first-order valence-corrected chi connectivity index (χ1v) is 8.26. The summed E-state index contributed by atoms with van der Waals surface area (Å²) in [7, 11) is 1.61. The van der Waals surface area contributed by atoms with Crippen LogP contribution in [0, 0.1) is 5.82 Å². The number of halogens is 1. The van der Waals surface area contributed by atoms with Crippen LogP contribution in [0.1, 0.15) is 19.4 Å². The molecule has 2 aromatic rings. The van der Waals surface area contributed by atoms with E-state index in [1.807, 2.05) is 32.0 Å². The van der Waals surface area contributed by atoms with Crippen molar-refractivity contribution < 1.29 is 13.9 Å². The number of nitrogens with zero attached hydrogens (tertiary/aromatic N) is 1. The van der Waals surface area contributed by atoms with Crippen molar-refractivity contribution in [1.82, 2.24) is 5.32 Å². The molecule has 134 valence electrons. The highest BCUT2D eigenvalue weighted by Crippen LogP contribution is 2.30. The van der Waals surface area contributed by atoms with E-state index in [-0.39, 0.29) is 5.82 Å². The van der Waals surface area contributed by atoms with Crippen molar-refractivity contribution in [2.75, 3.05) is 25.6 Å². The number of aliphatic imine (C=N–C) groups is 1. The fourth-order valence-corrected chi connectivity index (χ4v) is 2.23. The molecule has 2 aromatic carbocycles. The Balaban J connectivity index is 2.13. The molecular formula is C19H24FN3O2. The van der Waals surface area contributed by atoms with Gasteiger partial charge in [-0.05, 0) is 43.7 Å². The van der Waals surface area contributed by atoms with E-state index >= 15 is 0 Å². The number of methoxy groups -OCH3 is 1. The number of guanidine groups is 1. The summed E-state index contributed by atoms with van der Waals surface area (Å²) >= 11 is 0. The van der Waals surface area contributed by atoms with E-state index in [1.54, 1.807) is 19.2 Å². The molecule has 0 aromatic heterocycles. The van der Waals surface area contributed by atoms with Crippen molar-refractivity contribution in [3.63, 3.8) is 0 Å². The number of rotatable bonds is 7. The van der Waals surface area contributed by atoms with Crippen LogP contribution in [0.15, 0.2) is 47.5 Å². The first kappa shape index (κ1) is 18.6. The smallest absolute Gasteiger partial charge is 0.196 e. The van der Waals surface area contributed by atoms with Gasteiger partial charge in [0.05, 0.1) is 20.3 Å². The van der Waals surface area contributed by atoms with E-state index in [1.165, 1.54) is 12.1 Å². The predicted octanol–water partition coefficient (Wildman–Crippen LogP) is 3.81. The van der Waals surface area contributed by atoms with Gasteiger partial charge in [-0.15, -0.1) is 0 Å². The summed E-state index contributed by atoms with van der Waals surface area (Å²) in [6, 6.07) is 11.9. The van der Waals surface area contributed by atoms with Crippen LogP contribution in [0.4, 0.5) is 10.1 Å². The third-order valence-corrected chi connectivity index (χ3v) is 3.40. The van der Waals surface area contributed by atoms with Gasteiger partial charge in [0, 0.05) is 18.3 Å². The van der Waals surface area contributed by atoms with Crippen molar-refractivity contribution in [1.29, 1.82) is 0 Å². The van der Waals surface area contributed by atoms with Gasteiger partial charge in [0.25, 0.3) is 0 Å². The number of ether oxygens (including phenoxy) is 2. The van der Waals surface area contributed by atoms with Gasteiger partial charge in [-0.25, -0.2) is 9.38 Å². The van der Waals surface area contributed by atoms with Crippen LogP contribution in [-0.4, -0.2) is 26.2 Å². The molecule has 0 atom stereocenters. The molecule has 0 saturated heterocycles. The Hall–Kier alpha value is -2.76. The first-order chi connectivity index (χ1) is 12.2. The molecule has 2 N–H and O–H groups in total. The lowest BCUT2D eigenvalue weighted by Crippen LogP contribution is -2.30. The number of benzene rings is 2. The summed E-state index contributed by atoms with van der Waals surface area (Å²) in [4.78, 5) is 4.53. The first-order valence-electron chi connectivity index (χ1n) is 8.26. The topological polar surface area (TPSA) is 54.9 Å². The van der Waals surface area contributed by atoms with Gasteiger partial charge in [0.15, 0.2) is 17.5 Å². The molecule has 25 heavy (non-hydrogen) atoms. The van der Waals surface area contributed by atoms with Crippen LogP contribution in [0.3, 0.4) is 0 Å². The molecule has 5 nitrogen and oxygen atoms in total. The van der Waals surface area contributed by atoms with Crippen LogP contribution < -0.4 is 20.1 Å². The van der Waals surface area contributed by atoms with E-state index in [2.05, 4.69) is 15.6 Å². The molecule has 6 heteroatoms. The monoisotopic (exact) mass is 345 g/mol. The molecule has 0 unspecified atom stereocenters. The Morgan fingerprint density at radius 3 is 2.48 bits per heavy atom.